The number of halogens is 1. The number of carboxylic acids is 1. The zero-order valence-corrected chi connectivity index (χ0v) is 13.0. The fraction of sp³-hybridized carbons (Fsp3) is 0.235. The molecule has 0 radical (unpaired) electrons. The Balaban J connectivity index is 1.58. The van der Waals surface area contributed by atoms with Gasteiger partial charge in [-0.15, -0.1) is 0 Å². The van der Waals surface area contributed by atoms with Crippen LogP contribution in [0.15, 0.2) is 53.0 Å². The molecule has 2 aromatic rings. The van der Waals surface area contributed by atoms with Crippen molar-refractivity contribution in [3.8, 4) is 0 Å². The lowest BCUT2D eigenvalue weighted by atomic mass is 9.76. The van der Waals surface area contributed by atoms with Crippen molar-refractivity contribution in [2.75, 3.05) is 5.32 Å². The van der Waals surface area contributed by atoms with Crippen LogP contribution >= 0.6 is 15.9 Å². The molecule has 0 unspecified atom stereocenters. The van der Waals surface area contributed by atoms with Crippen LogP contribution < -0.4 is 5.32 Å². The fourth-order valence-electron chi connectivity index (χ4n) is 2.72. The summed E-state index contributed by atoms with van der Waals surface area (Å²) in [6, 6.07) is 15.9. The summed E-state index contributed by atoms with van der Waals surface area (Å²) >= 11 is 3.45. The molecular weight excluding hydrogens is 330 g/mol. The van der Waals surface area contributed by atoms with Gasteiger partial charge in [0, 0.05) is 16.2 Å². The van der Waals surface area contributed by atoms with Crippen molar-refractivity contribution in [1.82, 2.24) is 0 Å². The minimum atomic E-state index is -0.889. The van der Waals surface area contributed by atoms with Gasteiger partial charge in [-0.2, -0.15) is 0 Å². The molecule has 1 aliphatic carbocycles. The minimum Gasteiger partial charge on any atom is -0.478 e. The second-order valence-electron chi connectivity index (χ2n) is 5.45. The van der Waals surface area contributed by atoms with Crippen LogP contribution in [0, 0.1) is 0 Å². The van der Waals surface area contributed by atoms with E-state index in [9.17, 15) is 4.79 Å². The Morgan fingerprint density at radius 2 is 1.86 bits per heavy atom. The lowest BCUT2D eigenvalue weighted by Crippen LogP contribution is -2.34. The van der Waals surface area contributed by atoms with Gasteiger partial charge in [0.05, 0.1) is 5.56 Å². The van der Waals surface area contributed by atoms with Gasteiger partial charge in [0.15, 0.2) is 0 Å². The van der Waals surface area contributed by atoms with E-state index in [1.54, 1.807) is 18.2 Å². The molecule has 4 heteroatoms. The number of carbonyl (C=O) groups is 1. The molecule has 0 aromatic heterocycles. The lowest BCUT2D eigenvalue weighted by molar-refractivity contribution is 0.0697. The van der Waals surface area contributed by atoms with Gasteiger partial charge in [0.25, 0.3) is 0 Å². The maximum Gasteiger partial charge on any atom is 0.335 e. The van der Waals surface area contributed by atoms with Crippen LogP contribution in [0.1, 0.15) is 34.7 Å². The van der Waals surface area contributed by atoms with E-state index < -0.39 is 5.97 Å². The number of rotatable bonds is 4. The number of aromatic carboxylic acids is 1. The van der Waals surface area contributed by atoms with Crippen LogP contribution in [0.3, 0.4) is 0 Å². The third kappa shape index (κ3) is 3.27. The van der Waals surface area contributed by atoms with Crippen molar-refractivity contribution in [2.45, 2.75) is 24.8 Å². The molecule has 1 saturated carbocycles. The molecule has 21 heavy (non-hydrogen) atoms. The molecule has 1 aliphatic rings. The van der Waals surface area contributed by atoms with E-state index in [0.29, 0.717) is 17.5 Å². The maximum absolute atomic E-state index is 11.0. The van der Waals surface area contributed by atoms with E-state index in [2.05, 4.69) is 45.5 Å². The second-order valence-corrected chi connectivity index (χ2v) is 6.36. The zero-order chi connectivity index (χ0) is 14.8. The third-order valence-corrected chi connectivity index (χ3v) is 4.49. The largest absolute Gasteiger partial charge is 0.478 e. The first kappa shape index (κ1) is 14.1. The summed E-state index contributed by atoms with van der Waals surface area (Å²) < 4.78 is 1.10. The molecule has 108 valence electrons. The molecule has 0 amide bonds. The summed E-state index contributed by atoms with van der Waals surface area (Å²) in [6.07, 6.45) is 2.16. The van der Waals surface area contributed by atoms with Crippen molar-refractivity contribution in [1.29, 1.82) is 0 Å². The van der Waals surface area contributed by atoms with Gasteiger partial charge in [-0.3, -0.25) is 0 Å². The quantitative estimate of drug-likeness (QED) is 0.857. The van der Waals surface area contributed by atoms with Gasteiger partial charge >= 0.3 is 5.97 Å². The van der Waals surface area contributed by atoms with E-state index in [-0.39, 0.29) is 0 Å². The molecule has 1 fully saturated rings. The minimum absolute atomic E-state index is 0.323. The van der Waals surface area contributed by atoms with Crippen molar-refractivity contribution < 1.29 is 9.90 Å². The molecule has 0 heterocycles. The number of nitrogens with one attached hydrogen (secondary N) is 1. The van der Waals surface area contributed by atoms with Gasteiger partial charge in [-0.1, -0.05) is 34.1 Å². The zero-order valence-electron chi connectivity index (χ0n) is 11.4. The highest BCUT2D eigenvalue weighted by molar-refractivity contribution is 9.10. The Morgan fingerprint density at radius 1 is 1.14 bits per heavy atom. The Bertz CT molecular complexity index is 648. The molecular formula is C17H16BrNO2. The number of hydrogen-bond acceptors (Lipinski definition) is 2. The summed E-state index contributed by atoms with van der Waals surface area (Å²) in [5.74, 6) is -0.293. The van der Waals surface area contributed by atoms with Crippen LogP contribution in [0.2, 0.25) is 0 Å². The smallest absolute Gasteiger partial charge is 0.335 e. The normalized spacial score (nSPS) is 20.6. The van der Waals surface area contributed by atoms with Crippen molar-refractivity contribution in [3.05, 3.63) is 64.1 Å². The topological polar surface area (TPSA) is 49.3 Å². The highest BCUT2D eigenvalue weighted by Crippen LogP contribution is 2.38. The summed E-state index contributed by atoms with van der Waals surface area (Å²) in [5.41, 5.74) is 2.58. The predicted octanol–water partition coefficient (Wildman–Crippen LogP) is 4.51. The monoisotopic (exact) mass is 345 g/mol. The van der Waals surface area contributed by atoms with E-state index in [1.807, 2.05) is 6.07 Å². The predicted molar refractivity (Wildman–Crippen MR) is 86.9 cm³/mol. The van der Waals surface area contributed by atoms with Gasteiger partial charge in [0.1, 0.15) is 0 Å². The molecule has 0 aliphatic heterocycles. The van der Waals surface area contributed by atoms with Crippen LogP contribution in [0.5, 0.6) is 0 Å². The van der Waals surface area contributed by atoms with Gasteiger partial charge in [-0.25, -0.2) is 4.79 Å². The first-order chi connectivity index (χ1) is 10.1. The van der Waals surface area contributed by atoms with Crippen molar-refractivity contribution in [3.63, 3.8) is 0 Å². The Morgan fingerprint density at radius 3 is 2.52 bits per heavy atom. The first-order valence-electron chi connectivity index (χ1n) is 6.97. The number of anilines is 1. The van der Waals surface area contributed by atoms with Crippen LogP contribution in [0.4, 0.5) is 5.69 Å². The summed E-state index contributed by atoms with van der Waals surface area (Å²) in [5, 5.41) is 12.4. The van der Waals surface area contributed by atoms with Gasteiger partial charge in [-0.05, 0) is 54.7 Å². The average Bonchev–Trinajstić information content (AvgIpc) is 2.44. The Labute approximate surface area is 132 Å². The van der Waals surface area contributed by atoms with Gasteiger partial charge in [0.2, 0.25) is 0 Å². The number of benzene rings is 2. The van der Waals surface area contributed by atoms with Crippen LogP contribution in [-0.2, 0) is 0 Å². The van der Waals surface area contributed by atoms with Crippen molar-refractivity contribution in [2.24, 2.45) is 0 Å². The summed E-state index contributed by atoms with van der Waals surface area (Å²) in [7, 11) is 0. The molecule has 0 bridgehead atoms. The van der Waals surface area contributed by atoms with Crippen LogP contribution in [-0.4, -0.2) is 17.1 Å². The summed E-state index contributed by atoms with van der Waals surface area (Å²) in [6.45, 7) is 0. The van der Waals surface area contributed by atoms with Crippen molar-refractivity contribution >= 4 is 27.6 Å². The highest BCUT2D eigenvalue weighted by atomic mass is 79.9. The first-order valence-corrected chi connectivity index (χ1v) is 7.76. The molecule has 3 nitrogen and oxygen atoms in total. The van der Waals surface area contributed by atoms with E-state index in [1.165, 1.54) is 5.56 Å². The summed E-state index contributed by atoms with van der Waals surface area (Å²) in [4.78, 5) is 11.0. The molecule has 2 N–H and O–H groups in total. The molecule has 0 atom stereocenters. The van der Waals surface area contributed by atoms with Crippen LogP contribution in [0.25, 0.3) is 0 Å². The Kier molecular flexibility index (Phi) is 3.97. The SMILES string of the molecule is O=C(O)c1cccc(NC2CC(c3ccc(Br)cc3)C2)c1. The highest BCUT2D eigenvalue weighted by Gasteiger charge is 2.30. The number of carboxylic acid groups (broad SMARTS) is 1. The van der Waals surface area contributed by atoms with E-state index in [4.69, 9.17) is 5.11 Å². The van der Waals surface area contributed by atoms with E-state index in [0.717, 1.165) is 23.0 Å². The lowest BCUT2D eigenvalue weighted by Gasteiger charge is -2.37. The molecule has 0 saturated heterocycles. The molecule has 2 aromatic carbocycles. The fourth-order valence-corrected chi connectivity index (χ4v) is 2.98. The average molecular weight is 346 g/mol. The third-order valence-electron chi connectivity index (χ3n) is 3.96. The molecule has 0 spiro atoms. The van der Waals surface area contributed by atoms with Gasteiger partial charge < -0.3 is 10.4 Å². The maximum atomic E-state index is 11.0. The van der Waals surface area contributed by atoms with E-state index >= 15 is 0 Å². The standard InChI is InChI=1S/C17H16BrNO2/c18-14-6-4-11(5-7-14)13-9-16(10-13)19-15-3-1-2-12(8-15)17(20)21/h1-8,13,16,19H,9-10H2,(H,20,21). The molecule has 3 rings (SSSR count). The number of hydrogen-bond donors (Lipinski definition) is 2. The Hall–Kier alpha value is -1.81. The second kappa shape index (κ2) is 5.90.